The van der Waals surface area contributed by atoms with E-state index in [0.29, 0.717) is 0 Å². The molecule has 0 bridgehead atoms. The predicted molar refractivity (Wildman–Crippen MR) is 75.7 cm³/mol. The molecular weight excluding hydrogens is 222 g/mol. The first-order chi connectivity index (χ1) is 8.75. The van der Waals surface area contributed by atoms with Crippen molar-refractivity contribution in [3.05, 3.63) is 29.8 Å². The lowest BCUT2D eigenvalue weighted by molar-refractivity contribution is 0.233. The molecule has 0 amide bonds. The van der Waals surface area contributed by atoms with E-state index < -0.39 is 0 Å². The lowest BCUT2D eigenvalue weighted by Gasteiger charge is -2.16. The van der Waals surface area contributed by atoms with Crippen molar-refractivity contribution in [1.29, 1.82) is 0 Å². The first-order valence-corrected chi connectivity index (χ1v) is 7.24. The third-order valence-electron chi connectivity index (χ3n) is 3.84. The van der Waals surface area contributed by atoms with E-state index in [2.05, 4.69) is 12.1 Å². The summed E-state index contributed by atoms with van der Waals surface area (Å²) in [7, 11) is 0. The van der Waals surface area contributed by atoms with Gasteiger partial charge in [-0.1, -0.05) is 37.8 Å². The summed E-state index contributed by atoms with van der Waals surface area (Å²) in [5.74, 6) is 1.71. The molecule has 1 saturated carbocycles. The molecule has 2 rings (SSSR count). The minimum atomic E-state index is 0.0754. The largest absolute Gasteiger partial charge is 0.493 e. The maximum absolute atomic E-state index is 5.94. The maximum atomic E-state index is 5.94. The Bertz CT molecular complexity index is 354. The number of rotatable bonds is 4. The molecule has 0 radical (unpaired) electrons. The van der Waals surface area contributed by atoms with Crippen LogP contribution in [0.4, 0.5) is 0 Å². The molecule has 1 aliphatic carbocycles. The van der Waals surface area contributed by atoms with E-state index in [1.54, 1.807) is 0 Å². The van der Waals surface area contributed by atoms with E-state index in [0.717, 1.165) is 23.8 Å². The van der Waals surface area contributed by atoms with Gasteiger partial charge in [-0.05, 0) is 43.4 Å². The van der Waals surface area contributed by atoms with Gasteiger partial charge in [0, 0.05) is 6.04 Å². The molecular formula is C16H25NO. The molecule has 18 heavy (non-hydrogen) atoms. The van der Waals surface area contributed by atoms with Gasteiger partial charge in [0.15, 0.2) is 0 Å². The van der Waals surface area contributed by atoms with Gasteiger partial charge in [0.25, 0.3) is 0 Å². The van der Waals surface area contributed by atoms with E-state index in [-0.39, 0.29) is 6.04 Å². The smallest absolute Gasteiger partial charge is 0.119 e. The molecule has 2 nitrogen and oxygen atoms in total. The van der Waals surface area contributed by atoms with Crippen LogP contribution in [0.1, 0.15) is 57.1 Å². The van der Waals surface area contributed by atoms with Gasteiger partial charge in [-0.15, -0.1) is 0 Å². The van der Waals surface area contributed by atoms with E-state index in [1.165, 1.54) is 38.5 Å². The molecule has 0 aliphatic heterocycles. The molecule has 1 atom stereocenters. The van der Waals surface area contributed by atoms with Crippen molar-refractivity contribution in [3.63, 3.8) is 0 Å². The van der Waals surface area contributed by atoms with Crippen LogP contribution in [0.25, 0.3) is 0 Å². The average molecular weight is 247 g/mol. The van der Waals surface area contributed by atoms with Gasteiger partial charge in [0.1, 0.15) is 5.75 Å². The third kappa shape index (κ3) is 4.02. The zero-order valence-electron chi connectivity index (χ0n) is 11.4. The summed E-state index contributed by atoms with van der Waals surface area (Å²) in [6, 6.07) is 8.26. The lowest BCUT2D eigenvalue weighted by atomic mass is 10.0. The maximum Gasteiger partial charge on any atom is 0.119 e. The van der Waals surface area contributed by atoms with E-state index in [1.807, 2.05) is 19.1 Å². The Morgan fingerprint density at radius 3 is 2.61 bits per heavy atom. The average Bonchev–Trinajstić information content (AvgIpc) is 2.65. The van der Waals surface area contributed by atoms with Crippen LogP contribution in [0.2, 0.25) is 0 Å². The summed E-state index contributed by atoms with van der Waals surface area (Å²) in [4.78, 5) is 0. The van der Waals surface area contributed by atoms with Crippen LogP contribution in [0, 0.1) is 5.92 Å². The van der Waals surface area contributed by atoms with Crippen LogP contribution in [-0.2, 0) is 0 Å². The summed E-state index contributed by atoms with van der Waals surface area (Å²) in [6.07, 6.45) is 8.19. The number of hydrogen-bond donors (Lipinski definition) is 1. The minimum Gasteiger partial charge on any atom is -0.493 e. The molecule has 1 aliphatic rings. The standard InChI is InChI=1S/C16H25NO/c1-13(17)15-9-6-10-16(11-15)18-12-14-7-4-2-3-5-8-14/h6,9-11,13-14H,2-5,7-8,12,17H2,1H3. The number of nitrogens with two attached hydrogens (primary N) is 1. The molecule has 1 aromatic rings. The quantitative estimate of drug-likeness (QED) is 0.814. The Balaban J connectivity index is 1.87. The van der Waals surface area contributed by atoms with Crippen LogP contribution < -0.4 is 10.5 Å². The van der Waals surface area contributed by atoms with E-state index in [9.17, 15) is 0 Å². The predicted octanol–water partition coefficient (Wildman–Crippen LogP) is 4.06. The molecule has 1 aromatic carbocycles. The van der Waals surface area contributed by atoms with Gasteiger partial charge in [0.05, 0.1) is 6.61 Å². The minimum absolute atomic E-state index is 0.0754. The first kappa shape index (κ1) is 13.4. The Labute approximate surface area is 111 Å². The van der Waals surface area contributed by atoms with Crippen molar-refractivity contribution in [2.24, 2.45) is 11.7 Å². The summed E-state index contributed by atoms with van der Waals surface area (Å²) in [6.45, 7) is 2.87. The highest BCUT2D eigenvalue weighted by Crippen LogP contribution is 2.24. The second-order valence-corrected chi connectivity index (χ2v) is 5.53. The second kappa shape index (κ2) is 6.79. The number of hydrogen-bond acceptors (Lipinski definition) is 2. The summed E-state index contributed by atoms with van der Waals surface area (Å²) < 4.78 is 5.94. The fraction of sp³-hybridized carbons (Fsp3) is 0.625. The normalized spacial score (nSPS) is 19.2. The zero-order chi connectivity index (χ0) is 12.8. The molecule has 1 unspecified atom stereocenters. The van der Waals surface area contributed by atoms with Gasteiger partial charge in [0.2, 0.25) is 0 Å². The van der Waals surface area contributed by atoms with Gasteiger partial charge in [-0.3, -0.25) is 0 Å². The fourth-order valence-corrected chi connectivity index (χ4v) is 2.63. The Morgan fingerprint density at radius 2 is 1.94 bits per heavy atom. The van der Waals surface area contributed by atoms with Crippen LogP contribution in [0.15, 0.2) is 24.3 Å². The first-order valence-electron chi connectivity index (χ1n) is 7.24. The molecule has 0 heterocycles. The molecule has 100 valence electrons. The van der Waals surface area contributed by atoms with Crippen molar-refractivity contribution in [2.45, 2.75) is 51.5 Å². The summed E-state index contributed by atoms with van der Waals surface area (Å²) in [5, 5.41) is 0. The van der Waals surface area contributed by atoms with Gasteiger partial charge in [-0.2, -0.15) is 0 Å². The van der Waals surface area contributed by atoms with Crippen LogP contribution in [-0.4, -0.2) is 6.61 Å². The van der Waals surface area contributed by atoms with E-state index in [4.69, 9.17) is 10.5 Å². The molecule has 0 aromatic heterocycles. The van der Waals surface area contributed by atoms with Crippen molar-refractivity contribution in [2.75, 3.05) is 6.61 Å². The molecule has 1 fully saturated rings. The molecule has 0 spiro atoms. The SMILES string of the molecule is CC(N)c1cccc(OCC2CCCCCC2)c1. The Kier molecular flexibility index (Phi) is 5.06. The zero-order valence-corrected chi connectivity index (χ0v) is 11.4. The number of benzene rings is 1. The van der Waals surface area contributed by atoms with Gasteiger partial charge < -0.3 is 10.5 Å². The highest BCUT2D eigenvalue weighted by molar-refractivity contribution is 5.30. The molecule has 2 heteroatoms. The van der Waals surface area contributed by atoms with Crippen LogP contribution in [0.5, 0.6) is 5.75 Å². The highest BCUT2D eigenvalue weighted by Gasteiger charge is 2.13. The fourth-order valence-electron chi connectivity index (χ4n) is 2.63. The third-order valence-corrected chi connectivity index (χ3v) is 3.84. The Morgan fingerprint density at radius 1 is 1.22 bits per heavy atom. The van der Waals surface area contributed by atoms with E-state index >= 15 is 0 Å². The van der Waals surface area contributed by atoms with Crippen molar-refractivity contribution < 1.29 is 4.74 Å². The summed E-state index contributed by atoms with van der Waals surface area (Å²) >= 11 is 0. The topological polar surface area (TPSA) is 35.2 Å². The van der Waals surface area contributed by atoms with Crippen LogP contribution in [0.3, 0.4) is 0 Å². The number of ether oxygens (including phenoxy) is 1. The molecule has 2 N–H and O–H groups in total. The second-order valence-electron chi connectivity index (χ2n) is 5.53. The molecule has 0 saturated heterocycles. The monoisotopic (exact) mass is 247 g/mol. The van der Waals surface area contributed by atoms with Gasteiger partial charge in [-0.25, -0.2) is 0 Å². The van der Waals surface area contributed by atoms with Gasteiger partial charge >= 0.3 is 0 Å². The highest BCUT2D eigenvalue weighted by atomic mass is 16.5. The van der Waals surface area contributed by atoms with Crippen molar-refractivity contribution in [3.8, 4) is 5.75 Å². The van der Waals surface area contributed by atoms with Crippen LogP contribution >= 0.6 is 0 Å². The lowest BCUT2D eigenvalue weighted by Crippen LogP contribution is -2.11. The Hall–Kier alpha value is -1.02. The van der Waals surface area contributed by atoms with Crippen molar-refractivity contribution in [1.82, 2.24) is 0 Å². The van der Waals surface area contributed by atoms with Crippen molar-refractivity contribution >= 4 is 0 Å². The summed E-state index contributed by atoms with van der Waals surface area (Å²) in [5.41, 5.74) is 7.03.